The second-order valence-corrected chi connectivity index (χ2v) is 5.98. The maximum Gasteiger partial charge on any atom is 0.254 e. The quantitative estimate of drug-likeness (QED) is 0.811. The standard InChI is InChI=1S/C20H18N2O2/c21-14-15-6-4-9-17(12-15)20(24)22-11-5-10-18(22)13-19(23)16-7-2-1-3-8-16/h1-4,6-9,12,18H,5,10-11,13H2/t18-/m0/s1. The van der Waals surface area contributed by atoms with Gasteiger partial charge in [-0.05, 0) is 31.0 Å². The van der Waals surface area contributed by atoms with Gasteiger partial charge in [0.1, 0.15) is 0 Å². The van der Waals surface area contributed by atoms with Crippen LogP contribution in [0.15, 0.2) is 54.6 Å². The minimum Gasteiger partial charge on any atom is -0.335 e. The average molecular weight is 318 g/mol. The minimum absolute atomic E-state index is 0.0612. The first-order valence-electron chi connectivity index (χ1n) is 8.08. The Hall–Kier alpha value is -2.93. The zero-order valence-corrected chi connectivity index (χ0v) is 13.3. The summed E-state index contributed by atoms with van der Waals surface area (Å²) < 4.78 is 0. The number of carbonyl (C=O) groups is 2. The van der Waals surface area contributed by atoms with Gasteiger partial charge in [-0.3, -0.25) is 9.59 Å². The Morgan fingerprint density at radius 3 is 2.58 bits per heavy atom. The molecule has 2 aromatic carbocycles. The molecule has 0 aliphatic carbocycles. The Labute approximate surface area is 141 Å². The molecule has 2 aromatic rings. The summed E-state index contributed by atoms with van der Waals surface area (Å²) in [6.07, 6.45) is 2.08. The van der Waals surface area contributed by atoms with Crippen molar-refractivity contribution in [2.75, 3.05) is 6.54 Å². The van der Waals surface area contributed by atoms with Crippen molar-refractivity contribution in [3.63, 3.8) is 0 Å². The Balaban J connectivity index is 1.74. The molecule has 1 fully saturated rings. The largest absolute Gasteiger partial charge is 0.335 e. The van der Waals surface area contributed by atoms with Crippen LogP contribution in [0, 0.1) is 11.3 Å². The molecule has 4 nitrogen and oxygen atoms in total. The number of benzene rings is 2. The van der Waals surface area contributed by atoms with Crippen LogP contribution in [0.1, 0.15) is 45.5 Å². The van der Waals surface area contributed by atoms with E-state index in [1.807, 2.05) is 18.2 Å². The summed E-state index contributed by atoms with van der Waals surface area (Å²) >= 11 is 0. The fourth-order valence-corrected chi connectivity index (χ4v) is 3.16. The lowest BCUT2D eigenvalue weighted by Crippen LogP contribution is -2.36. The molecule has 1 saturated heterocycles. The van der Waals surface area contributed by atoms with Crippen LogP contribution in [0.4, 0.5) is 0 Å². The molecule has 3 rings (SSSR count). The highest BCUT2D eigenvalue weighted by Gasteiger charge is 2.31. The van der Waals surface area contributed by atoms with Gasteiger partial charge in [-0.25, -0.2) is 0 Å². The van der Waals surface area contributed by atoms with Crippen molar-refractivity contribution >= 4 is 11.7 Å². The molecule has 4 heteroatoms. The van der Waals surface area contributed by atoms with E-state index in [4.69, 9.17) is 5.26 Å². The lowest BCUT2D eigenvalue weighted by molar-refractivity contribution is 0.0717. The molecule has 0 spiro atoms. The van der Waals surface area contributed by atoms with Crippen LogP contribution >= 0.6 is 0 Å². The maximum absolute atomic E-state index is 12.7. The molecule has 1 heterocycles. The number of carbonyl (C=O) groups excluding carboxylic acids is 2. The van der Waals surface area contributed by atoms with Crippen molar-refractivity contribution in [3.8, 4) is 6.07 Å². The molecule has 0 N–H and O–H groups in total. The van der Waals surface area contributed by atoms with Crippen LogP contribution in [0.25, 0.3) is 0 Å². The lowest BCUT2D eigenvalue weighted by Gasteiger charge is -2.24. The van der Waals surface area contributed by atoms with Crippen molar-refractivity contribution < 1.29 is 9.59 Å². The predicted octanol–water partition coefficient (Wildman–Crippen LogP) is 3.44. The molecular weight excluding hydrogens is 300 g/mol. The van der Waals surface area contributed by atoms with Gasteiger partial charge in [-0.15, -0.1) is 0 Å². The van der Waals surface area contributed by atoms with E-state index in [1.165, 1.54) is 0 Å². The highest BCUT2D eigenvalue weighted by Crippen LogP contribution is 2.24. The van der Waals surface area contributed by atoms with Gasteiger partial charge in [0.2, 0.25) is 0 Å². The number of hydrogen-bond acceptors (Lipinski definition) is 3. The van der Waals surface area contributed by atoms with Gasteiger partial charge in [-0.1, -0.05) is 36.4 Å². The maximum atomic E-state index is 12.7. The first kappa shape index (κ1) is 15.9. The van der Waals surface area contributed by atoms with E-state index >= 15 is 0 Å². The molecule has 0 saturated carbocycles. The summed E-state index contributed by atoms with van der Waals surface area (Å²) in [5.74, 6) is -0.0402. The second-order valence-electron chi connectivity index (χ2n) is 5.98. The number of Topliss-reactive ketones (excluding diaryl/α,β-unsaturated/α-hetero) is 1. The third-order valence-electron chi connectivity index (χ3n) is 4.39. The van der Waals surface area contributed by atoms with E-state index in [9.17, 15) is 9.59 Å². The fourth-order valence-electron chi connectivity index (χ4n) is 3.16. The number of likely N-dealkylation sites (tertiary alicyclic amines) is 1. The predicted molar refractivity (Wildman–Crippen MR) is 90.6 cm³/mol. The van der Waals surface area contributed by atoms with Gasteiger partial charge in [0, 0.05) is 30.1 Å². The summed E-state index contributed by atoms with van der Waals surface area (Å²) in [6, 6.07) is 17.9. The number of hydrogen-bond donors (Lipinski definition) is 0. The summed E-state index contributed by atoms with van der Waals surface area (Å²) in [7, 11) is 0. The van der Waals surface area contributed by atoms with Gasteiger partial charge in [0.05, 0.1) is 11.6 Å². The van der Waals surface area contributed by atoms with E-state index in [0.29, 0.717) is 29.7 Å². The monoisotopic (exact) mass is 318 g/mol. The van der Waals surface area contributed by atoms with Gasteiger partial charge in [-0.2, -0.15) is 5.26 Å². The van der Waals surface area contributed by atoms with E-state index in [2.05, 4.69) is 6.07 Å². The van der Waals surface area contributed by atoms with E-state index in [1.54, 1.807) is 41.3 Å². The minimum atomic E-state index is -0.101. The molecule has 1 amide bonds. The zero-order valence-electron chi connectivity index (χ0n) is 13.3. The van der Waals surface area contributed by atoms with Crippen molar-refractivity contribution in [1.29, 1.82) is 5.26 Å². The van der Waals surface area contributed by atoms with Crippen LogP contribution in [0.5, 0.6) is 0 Å². The summed E-state index contributed by atoms with van der Waals surface area (Å²) in [5, 5.41) is 8.99. The molecule has 0 unspecified atom stereocenters. The molecule has 120 valence electrons. The molecule has 1 aliphatic rings. The normalized spacial score (nSPS) is 16.6. The lowest BCUT2D eigenvalue weighted by atomic mass is 10.0. The molecule has 1 atom stereocenters. The number of nitrogens with zero attached hydrogens (tertiary/aromatic N) is 2. The van der Waals surface area contributed by atoms with Crippen molar-refractivity contribution in [1.82, 2.24) is 4.90 Å². The van der Waals surface area contributed by atoms with E-state index < -0.39 is 0 Å². The highest BCUT2D eigenvalue weighted by atomic mass is 16.2. The third-order valence-corrected chi connectivity index (χ3v) is 4.39. The molecule has 0 bridgehead atoms. The fraction of sp³-hybridized carbons (Fsp3) is 0.250. The van der Waals surface area contributed by atoms with E-state index in [-0.39, 0.29) is 17.7 Å². The summed E-state index contributed by atoms with van der Waals surface area (Å²) in [4.78, 5) is 26.9. The van der Waals surface area contributed by atoms with Crippen LogP contribution in [-0.4, -0.2) is 29.2 Å². The van der Waals surface area contributed by atoms with Crippen LogP contribution < -0.4 is 0 Å². The first-order valence-corrected chi connectivity index (χ1v) is 8.08. The van der Waals surface area contributed by atoms with Gasteiger partial charge < -0.3 is 4.90 Å². The number of nitriles is 1. The van der Waals surface area contributed by atoms with Crippen LogP contribution in [-0.2, 0) is 0 Å². The SMILES string of the molecule is N#Cc1cccc(C(=O)N2CCC[C@H]2CC(=O)c2ccccc2)c1. The third kappa shape index (κ3) is 3.36. The zero-order chi connectivity index (χ0) is 16.9. The van der Waals surface area contributed by atoms with Crippen LogP contribution in [0.2, 0.25) is 0 Å². The molecule has 0 aromatic heterocycles. The Morgan fingerprint density at radius 1 is 1.08 bits per heavy atom. The Kier molecular flexibility index (Phi) is 4.72. The summed E-state index contributed by atoms with van der Waals surface area (Å²) in [6.45, 7) is 0.655. The van der Waals surface area contributed by atoms with Crippen LogP contribution in [0.3, 0.4) is 0 Å². The Morgan fingerprint density at radius 2 is 1.83 bits per heavy atom. The smallest absolute Gasteiger partial charge is 0.254 e. The van der Waals surface area contributed by atoms with Gasteiger partial charge in [0.25, 0.3) is 5.91 Å². The molecule has 0 radical (unpaired) electrons. The number of rotatable bonds is 4. The summed E-state index contributed by atoms with van der Waals surface area (Å²) in [5.41, 5.74) is 1.66. The second kappa shape index (κ2) is 7.10. The van der Waals surface area contributed by atoms with Crippen molar-refractivity contribution in [2.24, 2.45) is 0 Å². The molecular formula is C20H18N2O2. The molecule has 1 aliphatic heterocycles. The topological polar surface area (TPSA) is 61.2 Å². The van der Waals surface area contributed by atoms with Crippen molar-refractivity contribution in [3.05, 3.63) is 71.3 Å². The Bertz CT molecular complexity index is 793. The molecule has 24 heavy (non-hydrogen) atoms. The van der Waals surface area contributed by atoms with Gasteiger partial charge >= 0.3 is 0 Å². The van der Waals surface area contributed by atoms with Gasteiger partial charge in [0.15, 0.2) is 5.78 Å². The average Bonchev–Trinajstić information content (AvgIpc) is 3.10. The number of amides is 1. The first-order chi connectivity index (χ1) is 11.7. The highest BCUT2D eigenvalue weighted by molar-refractivity contribution is 5.98. The van der Waals surface area contributed by atoms with Crippen molar-refractivity contribution in [2.45, 2.75) is 25.3 Å². The van der Waals surface area contributed by atoms with E-state index in [0.717, 1.165) is 12.8 Å². The number of ketones is 1.